The van der Waals surface area contributed by atoms with Crippen LogP contribution < -0.4 is 10.5 Å². The normalized spacial score (nSPS) is 12.3. The second kappa shape index (κ2) is 5.56. The third-order valence-electron chi connectivity index (χ3n) is 3.39. The van der Waals surface area contributed by atoms with Gasteiger partial charge in [0.2, 0.25) is 5.95 Å². The molecule has 1 aromatic carbocycles. The van der Waals surface area contributed by atoms with Crippen molar-refractivity contribution in [2.24, 2.45) is 0 Å². The Morgan fingerprint density at radius 1 is 1.26 bits per heavy atom. The molecule has 9 heteroatoms. The molecule has 0 saturated carbocycles. The molecule has 0 unspecified atom stereocenters. The summed E-state index contributed by atoms with van der Waals surface area (Å²) in [6.07, 6.45) is -4.78. The van der Waals surface area contributed by atoms with Crippen LogP contribution in [0.25, 0.3) is 0 Å². The number of carbonyl (C=O) groups is 1. The number of nitrogen functional groups attached to an aromatic ring is 1. The Kier molecular flexibility index (Phi) is 4.06. The number of aromatic nitrogens is 3. The van der Waals surface area contributed by atoms with Gasteiger partial charge in [0.05, 0.1) is 12.5 Å². The number of carbonyl (C=O) groups excluding carboxylic acids is 1. The number of alkyl halides is 3. The van der Waals surface area contributed by atoms with Crippen LogP contribution >= 0.6 is 0 Å². The number of para-hydroxylation sites is 1. The lowest BCUT2D eigenvalue weighted by Gasteiger charge is -2.25. The van der Waals surface area contributed by atoms with Crippen LogP contribution in [0.5, 0.6) is 5.75 Å². The molecule has 124 valence electrons. The maximum Gasteiger partial charge on any atom is 0.453 e. The Morgan fingerprint density at radius 2 is 1.87 bits per heavy atom. The third kappa shape index (κ3) is 2.99. The molecule has 2 N–H and O–H groups in total. The van der Waals surface area contributed by atoms with Crippen molar-refractivity contribution in [3.8, 4) is 5.75 Å². The fourth-order valence-electron chi connectivity index (χ4n) is 2.13. The largest absolute Gasteiger partial charge is 0.496 e. The maximum atomic E-state index is 12.7. The SMILES string of the molecule is COc1ccccc1C(C)(C)C(=O)n1nc(C(F)(F)F)nc1N. The maximum absolute atomic E-state index is 12.7. The van der Waals surface area contributed by atoms with E-state index in [1.54, 1.807) is 38.1 Å². The summed E-state index contributed by atoms with van der Waals surface area (Å²) in [4.78, 5) is 15.8. The van der Waals surface area contributed by atoms with Crippen molar-refractivity contribution in [3.63, 3.8) is 0 Å². The first-order valence-corrected chi connectivity index (χ1v) is 6.57. The minimum Gasteiger partial charge on any atom is -0.496 e. The molecule has 0 bridgehead atoms. The van der Waals surface area contributed by atoms with Gasteiger partial charge in [-0.05, 0) is 19.9 Å². The molecule has 0 fully saturated rings. The van der Waals surface area contributed by atoms with Gasteiger partial charge in [0.1, 0.15) is 5.75 Å². The molecule has 1 aromatic heterocycles. The fraction of sp³-hybridized carbons (Fsp3) is 0.357. The van der Waals surface area contributed by atoms with Crippen molar-refractivity contribution in [2.45, 2.75) is 25.4 Å². The molecule has 0 atom stereocenters. The van der Waals surface area contributed by atoms with Gasteiger partial charge in [-0.15, -0.1) is 5.10 Å². The summed E-state index contributed by atoms with van der Waals surface area (Å²) in [6, 6.07) is 6.71. The number of ether oxygens (including phenoxy) is 1. The number of nitrogens with two attached hydrogens (primary N) is 1. The highest BCUT2D eigenvalue weighted by molar-refractivity contribution is 5.91. The Morgan fingerprint density at radius 3 is 2.39 bits per heavy atom. The Balaban J connectivity index is 2.49. The molecule has 23 heavy (non-hydrogen) atoms. The standard InChI is InChI=1S/C14H15F3N4O2/c1-13(2,8-6-4-5-7-9(8)23-3)11(22)21-12(18)19-10(20-21)14(15,16)17/h4-7H,1-3H3,(H2,18,19,20). The number of anilines is 1. The van der Waals surface area contributed by atoms with Gasteiger partial charge >= 0.3 is 6.18 Å². The van der Waals surface area contributed by atoms with Gasteiger partial charge in [-0.2, -0.15) is 22.8 Å². The van der Waals surface area contributed by atoms with Crippen molar-refractivity contribution < 1.29 is 22.7 Å². The lowest BCUT2D eigenvalue weighted by atomic mass is 9.83. The van der Waals surface area contributed by atoms with E-state index in [9.17, 15) is 18.0 Å². The molecule has 0 saturated heterocycles. The Hall–Kier alpha value is -2.58. The van der Waals surface area contributed by atoms with Crippen LogP contribution in [0.3, 0.4) is 0 Å². The Bertz CT molecular complexity index is 738. The zero-order valence-electron chi connectivity index (χ0n) is 12.7. The van der Waals surface area contributed by atoms with Crippen LogP contribution in [0, 0.1) is 0 Å². The predicted octanol–water partition coefficient (Wildman–Crippen LogP) is 2.51. The van der Waals surface area contributed by atoms with Gasteiger partial charge in [-0.25, -0.2) is 0 Å². The number of halogens is 3. The van der Waals surface area contributed by atoms with Gasteiger partial charge in [0.25, 0.3) is 11.7 Å². The highest BCUT2D eigenvalue weighted by atomic mass is 19.4. The number of benzene rings is 1. The molecule has 2 rings (SSSR count). The second-order valence-electron chi connectivity index (χ2n) is 5.33. The van der Waals surface area contributed by atoms with Crippen LogP contribution in [-0.4, -0.2) is 27.8 Å². The topological polar surface area (TPSA) is 83.0 Å². The highest BCUT2D eigenvalue weighted by Crippen LogP contribution is 2.34. The number of methoxy groups -OCH3 is 1. The molecule has 0 aliphatic heterocycles. The monoisotopic (exact) mass is 328 g/mol. The zero-order valence-corrected chi connectivity index (χ0v) is 12.7. The molecule has 2 aromatic rings. The van der Waals surface area contributed by atoms with Crippen LogP contribution in [0.4, 0.5) is 19.1 Å². The smallest absolute Gasteiger partial charge is 0.453 e. The van der Waals surface area contributed by atoms with Crippen LogP contribution in [0.1, 0.15) is 30.0 Å². The highest BCUT2D eigenvalue weighted by Gasteiger charge is 2.40. The predicted molar refractivity (Wildman–Crippen MR) is 76.1 cm³/mol. The van der Waals surface area contributed by atoms with Crippen LogP contribution in [-0.2, 0) is 11.6 Å². The van der Waals surface area contributed by atoms with Gasteiger partial charge in [0, 0.05) is 5.56 Å². The number of hydrogen-bond acceptors (Lipinski definition) is 5. The quantitative estimate of drug-likeness (QED) is 0.936. The summed E-state index contributed by atoms with van der Waals surface area (Å²) >= 11 is 0. The third-order valence-corrected chi connectivity index (χ3v) is 3.39. The number of nitrogens with zero attached hydrogens (tertiary/aromatic N) is 3. The number of hydrogen-bond donors (Lipinski definition) is 1. The van der Waals surface area contributed by atoms with Gasteiger partial charge in [0.15, 0.2) is 0 Å². The summed E-state index contributed by atoms with van der Waals surface area (Å²) in [6.45, 7) is 3.09. The van der Waals surface area contributed by atoms with Crippen LogP contribution in [0.2, 0.25) is 0 Å². The first-order chi connectivity index (χ1) is 10.6. The van der Waals surface area contributed by atoms with E-state index in [1.165, 1.54) is 7.11 Å². The average molecular weight is 328 g/mol. The summed E-state index contributed by atoms with van der Waals surface area (Å²) in [7, 11) is 1.44. The van der Waals surface area contributed by atoms with Crippen molar-refractivity contribution in [1.29, 1.82) is 0 Å². The van der Waals surface area contributed by atoms with E-state index in [1.807, 2.05) is 0 Å². The lowest BCUT2D eigenvalue weighted by Crippen LogP contribution is -2.35. The molecule has 1 heterocycles. The van der Waals surface area contributed by atoms with E-state index in [-0.39, 0.29) is 0 Å². The molecule has 0 aliphatic rings. The van der Waals surface area contributed by atoms with E-state index in [4.69, 9.17) is 10.5 Å². The van der Waals surface area contributed by atoms with E-state index in [0.29, 0.717) is 16.0 Å². The molecule has 0 aliphatic carbocycles. The average Bonchev–Trinajstić information content (AvgIpc) is 2.88. The molecular weight excluding hydrogens is 313 g/mol. The summed E-state index contributed by atoms with van der Waals surface area (Å²) in [5.41, 5.74) is 4.69. The van der Waals surface area contributed by atoms with Crippen molar-refractivity contribution >= 4 is 11.9 Å². The fourth-order valence-corrected chi connectivity index (χ4v) is 2.13. The van der Waals surface area contributed by atoms with E-state index >= 15 is 0 Å². The first-order valence-electron chi connectivity index (χ1n) is 6.57. The van der Waals surface area contributed by atoms with E-state index in [2.05, 4.69) is 10.1 Å². The molecular formula is C14H15F3N4O2. The van der Waals surface area contributed by atoms with E-state index in [0.717, 1.165) is 0 Å². The van der Waals surface area contributed by atoms with Gasteiger partial charge in [-0.1, -0.05) is 18.2 Å². The van der Waals surface area contributed by atoms with Crippen molar-refractivity contribution in [2.75, 3.05) is 12.8 Å². The first kappa shape index (κ1) is 16.8. The minimum atomic E-state index is -4.78. The van der Waals surface area contributed by atoms with Crippen molar-refractivity contribution in [3.05, 3.63) is 35.7 Å². The minimum absolute atomic E-state index is 0.431. The molecule has 0 amide bonds. The van der Waals surface area contributed by atoms with Crippen molar-refractivity contribution in [1.82, 2.24) is 14.8 Å². The van der Waals surface area contributed by atoms with Gasteiger partial charge in [-0.3, -0.25) is 4.79 Å². The molecule has 6 nitrogen and oxygen atoms in total. The Labute approximate surface area is 130 Å². The molecule has 0 radical (unpaired) electrons. The van der Waals surface area contributed by atoms with Gasteiger partial charge < -0.3 is 10.5 Å². The molecule has 0 spiro atoms. The summed E-state index contributed by atoms with van der Waals surface area (Å²) < 4.78 is 43.6. The summed E-state index contributed by atoms with van der Waals surface area (Å²) in [5.74, 6) is -2.40. The zero-order chi connectivity index (χ0) is 17.4. The van der Waals surface area contributed by atoms with E-state index < -0.39 is 29.3 Å². The second-order valence-corrected chi connectivity index (χ2v) is 5.33. The summed E-state index contributed by atoms with van der Waals surface area (Å²) in [5, 5.41) is 3.19. The lowest BCUT2D eigenvalue weighted by molar-refractivity contribution is -0.144. The van der Waals surface area contributed by atoms with Crippen LogP contribution in [0.15, 0.2) is 24.3 Å². The number of rotatable bonds is 3.